The van der Waals surface area contributed by atoms with Gasteiger partial charge in [-0.2, -0.15) is 5.26 Å². The molecule has 0 spiro atoms. The maximum atomic E-state index is 10.8. The monoisotopic (exact) mass is 208 g/mol. The summed E-state index contributed by atoms with van der Waals surface area (Å²) in [4.78, 5) is 14.8. The van der Waals surface area contributed by atoms with Crippen LogP contribution in [0.4, 0.5) is 0 Å². The van der Waals surface area contributed by atoms with Crippen LogP contribution in [-0.4, -0.2) is 23.8 Å². The Bertz CT molecular complexity index is 373. The van der Waals surface area contributed by atoms with Gasteiger partial charge in [0.2, 0.25) is 0 Å². The zero-order valence-corrected chi connectivity index (χ0v) is 8.37. The number of esters is 1. The molecule has 72 valence electrons. The smallest absolute Gasteiger partial charge is 0.316 e. The molecule has 0 bridgehead atoms. The molecule has 0 unspecified atom stereocenters. The van der Waals surface area contributed by atoms with E-state index < -0.39 is 0 Å². The van der Waals surface area contributed by atoms with E-state index in [0.29, 0.717) is 10.7 Å². The van der Waals surface area contributed by atoms with E-state index >= 15 is 0 Å². The van der Waals surface area contributed by atoms with Crippen molar-refractivity contribution in [2.45, 2.75) is 5.03 Å². The van der Waals surface area contributed by atoms with Crippen molar-refractivity contribution in [2.75, 3.05) is 12.9 Å². The van der Waals surface area contributed by atoms with Crippen molar-refractivity contribution in [3.05, 3.63) is 23.9 Å². The van der Waals surface area contributed by atoms with Crippen LogP contribution < -0.4 is 0 Å². The normalized spacial score (nSPS) is 9.14. The lowest BCUT2D eigenvalue weighted by atomic mass is 10.4. The Balaban J connectivity index is 2.60. The molecule has 0 aromatic carbocycles. The minimum Gasteiger partial charge on any atom is -0.468 e. The predicted octanol–water partition coefficient (Wildman–Crippen LogP) is 1.22. The van der Waals surface area contributed by atoms with Gasteiger partial charge in [0.25, 0.3) is 0 Å². The number of methoxy groups -OCH3 is 1. The van der Waals surface area contributed by atoms with Gasteiger partial charge in [0.15, 0.2) is 0 Å². The highest BCUT2D eigenvalue weighted by molar-refractivity contribution is 7.99. The van der Waals surface area contributed by atoms with Gasteiger partial charge < -0.3 is 4.74 Å². The molecule has 0 amide bonds. The zero-order valence-electron chi connectivity index (χ0n) is 7.56. The standard InChI is InChI=1S/C9H8N2O2S/c1-13-9(12)6-14-8-4-2-3-7(5-10)11-8/h2-4H,6H2,1H3. The van der Waals surface area contributed by atoms with E-state index in [9.17, 15) is 4.79 Å². The minimum atomic E-state index is -0.306. The largest absolute Gasteiger partial charge is 0.468 e. The van der Waals surface area contributed by atoms with E-state index in [1.165, 1.54) is 18.9 Å². The van der Waals surface area contributed by atoms with Crippen molar-refractivity contribution in [1.82, 2.24) is 4.98 Å². The quantitative estimate of drug-likeness (QED) is 0.552. The summed E-state index contributed by atoms with van der Waals surface area (Å²) >= 11 is 1.25. The average Bonchev–Trinajstić information content (AvgIpc) is 2.26. The van der Waals surface area contributed by atoms with Crippen molar-refractivity contribution < 1.29 is 9.53 Å². The second-order valence-electron chi connectivity index (χ2n) is 2.34. The molecule has 0 saturated carbocycles. The molecular formula is C9H8N2O2S. The van der Waals surface area contributed by atoms with Gasteiger partial charge in [-0.05, 0) is 12.1 Å². The Morgan fingerprint density at radius 3 is 3.14 bits per heavy atom. The lowest BCUT2D eigenvalue weighted by Crippen LogP contribution is -2.03. The number of hydrogen-bond donors (Lipinski definition) is 0. The molecule has 0 N–H and O–H groups in total. The van der Waals surface area contributed by atoms with Crippen LogP contribution >= 0.6 is 11.8 Å². The third kappa shape index (κ3) is 3.07. The Hall–Kier alpha value is -1.54. The molecule has 0 aliphatic rings. The number of hydrogen-bond acceptors (Lipinski definition) is 5. The highest BCUT2D eigenvalue weighted by Gasteiger charge is 2.03. The molecule has 1 heterocycles. The molecule has 0 aliphatic heterocycles. The number of pyridine rings is 1. The van der Waals surface area contributed by atoms with Gasteiger partial charge in [-0.3, -0.25) is 4.79 Å². The van der Waals surface area contributed by atoms with E-state index in [4.69, 9.17) is 5.26 Å². The summed E-state index contributed by atoms with van der Waals surface area (Å²) in [6, 6.07) is 7.01. The van der Waals surface area contributed by atoms with Crippen LogP contribution in [0.5, 0.6) is 0 Å². The third-order valence-electron chi connectivity index (χ3n) is 1.40. The van der Waals surface area contributed by atoms with Crippen LogP contribution in [0.3, 0.4) is 0 Å². The summed E-state index contributed by atoms with van der Waals surface area (Å²) in [6.07, 6.45) is 0. The molecule has 0 saturated heterocycles. The van der Waals surface area contributed by atoms with Gasteiger partial charge in [0, 0.05) is 0 Å². The summed E-state index contributed by atoms with van der Waals surface area (Å²) in [6.45, 7) is 0. The number of ether oxygens (including phenoxy) is 1. The molecule has 4 nitrogen and oxygen atoms in total. The zero-order chi connectivity index (χ0) is 10.4. The molecular weight excluding hydrogens is 200 g/mol. The van der Waals surface area contributed by atoms with E-state index in [1.54, 1.807) is 18.2 Å². The number of rotatable bonds is 3. The van der Waals surface area contributed by atoms with E-state index in [1.807, 2.05) is 6.07 Å². The van der Waals surface area contributed by atoms with Crippen LogP contribution in [0, 0.1) is 11.3 Å². The predicted molar refractivity (Wildman–Crippen MR) is 51.7 cm³/mol. The Kier molecular flexibility index (Phi) is 3.95. The summed E-state index contributed by atoms with van der Waals surface area (Å²) in [5, 5.41) is 9.22. The van der Waals surface area contributed by atoms with E-state index in [0.717, 1.165) is 0 Å². The summed E-state index contributed by atoms with van der Waals surface area (Å²) in [7, 11) is 1.34. The van der Waals surface area contributed by atoms with Crippen molar-refractivity contribution in [1.29, 1.82) is 5.26 Å². The number of aromatic nitrogens is 1. The van der Waals surface area contributed by atoms with Crippen LogP contribution in [0.2, 0.25) is 0 Å². The fraction of sp³-hybridized carbons (Fsp3) is 0.222. The number of nitrogens with zero attached hydrogens (tertiary/aromatic N) is 2. The van der Waals surface area contributed by atoms with Gasteiger partial charge in [0.05, 0.1) is 17.9 Å². The number of carbonyl (C=O) groups excluding carboxylic acids is 1. The first kappa shape index (κ1) is 10.5. The van der Waals surface area contributed by atoms with Crippen molar-refractivity contribution >= 4 is 17.7 Å². The molecule has 14 heavy (non-hydrogen) atoms. The maximum absolute atomic E-state index is 10.8. The van der Waals surface area contributed by atoms with Gasteiger partial charge in [-0.25, -0.2) is 4.98 Å². The highest BCUT2D eigenvalue weighted by atomic mass is 32.2. The molecule has 1 rings (SSSR count). The third-order valence-corrected chi connectivity index (χ3v) is 2.31. The topological polar surface area (TPSA) is 63.0 Å². The lowest BCUT2D eigenvalue weighted by molar-refractivity contribution is -0.137. The highest BCUT2D eigenvalue weighted by Crippen LogP contribution is 2.14. The fourth-order valence-corrected chi connectivity index (χ4v) is 1.47. The Morgan fingerprint density at radius 2 is 2.50 bits per heavy atom. The summed E-state index contributed by atoms with van der Waals surface area (Å²) in [5.74, 6) is -0.0996. The van der Waals surface area contributed by atoms with Crippen LogP contribution in [0.25, 0.3) is 0 Å². The number of nitriles is 1. The molecule has 0 aliphatic carbocycles. The fourth-order valence-electron chi connectivity index (χ4n) is 0.749. The Morgan fingerprint density at radius 1 is 1.71 bits per heavy atom. The van der Waals surface area contributed by atoms with Crippen molar-refractivity contribution in [2.24, 2.45) is 0 Å². The first-order chi connectivity index (χ1) is 6.76. The van der Waals surface area contributed by atoms with Crippen LogP contribution in [-0.2, 0) is 9.53 Å². The van der Waals surface area contributed by atoms with Crippen molar-refractivity contribution in [3.63, 3.8) is 0 Å². The van der Waals surface area contributed by atoms with Crippen LogP contribution in [0.1, 0.15) is 5.69 Å². The van der Waals surface area contributed by atoms with Gasteiger partial charge in [-0.15, -0.1) is 0 Å². The van der Waals surface area contributed by atoms with E-state index in [2.05, 4.69) is 9.72 Å². The second-order valence-corrected chi connectivity index (χ2v) is 3.33. The number of thioether (sulfide) groups is 1. The van der Waals surface area contributed by atoms with E-state index in [-0.39, 0.29) is 11.7 Å². The number of carbonyl (C=O) groups is 1. The summed E-state index contributed by atoms with van der Waals surface area (Å²) in [5.41, 5.74) is 0.347. The second kappa shape index (κ2) is 5.25. The molecule has 1 aromatic heterocycles. The first-order valence-corrected chi connectivity index (χ1v) is 4.81. The van der Waals surface area contributed by atoms with Gasteiger partial charge >= 0.3 is 5.97 Å². The molecule has 0 fully saturated rings. The average molecular weight is 208 g/mol. The molecule has 1 aromatic rings. The molecule has 0 atom stereocenters. The maximum Gasteiger partial charge on any atom is 0.316 e. The molecule has 5 heteroatoms. The van der Waals surface area contributed by atoms with Crippen LogP contribution in [0.15, 0.2) is 23.2 Å². The lowest BCUT2D eigenvalue weighted by Gasteiger charge is -1.99. The van der Waals surface area contributed by atoms with Crippen molar-refractivity contribution in [3.8, 4) is 6.07 Å². The first-order valence-electron chi connectivity index (χ1n) is 3.83. The van der Waals surface area contributed by atoms with Gasteiger partial charge in [-0.1, -0.05) is 17.8 Å². The van der Waals surface area contributed by atoms with Gasteiger partial charge in [0.1, 0.15) is 11.8 Å². The molecule has 0 radical (unpaired) electrons. The summed E-state index contributed by atoms with van der Waals surface area (Å²) < 4.78 is 4.48. The Labute approximate surface area is 85.9 Å². The SMILES string of the molecule is COC(=O)CSc1cccc(C#N)n1. The minimum absolute atomic E-state index is 0.207.